The van der Waals surface area contributed by atoms with Crippen molar-refractivity contribution in [3.63, 3.8) is 0 Å². The highest BCUT2D eigenvalue weighted by atomic mass is 35.5. The Morgan fingerprint density at radius 1 is 1.20 bits per heavy atom. The van der Waals surface area contributed by atoms with Gasteiger partial charge >= 0.3 is 12.0 Å². The molecule has 1 atom stereocenters. The molecule has 0 bridgehead atoms. The molecule has 6 nitrogen and oxygen atoms in total. The number of likely N-dealkylation sites (N-methyl/N-ethyl adjacent to an activating group) is 1. The van der Waals surface area contributed by atoms with Crippen LogP contribution in [0.4, 0.5) is 0 Å². The van der Waals surface area contributed by atoms with Crippen LogP contribution < -0.4 is 9.47 Å². The predicted octanol–water partition coefficient (Wildman–Crippen LogP) is 2.18. The van der Waals surface area contributed by atoms with Crippen molar-refractivity contribution < 1.29 is 9.47 Å². The Balaban J connectivity index is 1.92. The maximum absolute atomic E-state index is 5.85. The summed E-state index contributed by atoms with van der Waals surface area (Å²) in [6.07, 6.45) is 4.50. The molecular weight excluding hydrogens is 280 g/mol. The summed E-state index contributed by atoms with van der Waals surface area (Å²) in [7, 11) is 2.11. The van der Waals surface area contributed by atoms with Crippen LogP contribution in [0.2, 0.25) is 5.28 Å². The summed E-state index contributed by atoms with van der Waals surface area (Å²) in [6, 6.07) is 0.855. The molecule has 1 fully saturated rings. The van der Waals surface area contributed by atoms with Gasteiger partial charge in [0.05, 0.1) is 6.61 Å². The van der Waals surface area contributed by atoms with Gasteiger partial charge in [0.2, 0.25) is 5.28 Å². The lowest BCUT2D eigenvalue weighted by Gasteiger charge is -2.31. The Hall–Kier alpha value is -1.14. The second-order valence-electron chi connectivity index (χ2n) is 4.96. The van der Waals surface area contributed by atoms with Crippen LogP contribution in [0, 0.1) is 0 Å². The fourth-order valence-electron chi connectivity index (χ4n) is 2.16. The van der Waals surface area contributed by atoms with Gasteiger partial charge in [-0.2, -0.15) is 9.97 Å². The molecule has 112 valence electrons. The van der Waals surface area contributed by atoms with E-state index in [1.165, 1.54) is 12.8 Å². The Morgan fingerprint density at radius 3 is 2.65 bits per heavy atom. The van der Waals surface area contributed by atoms with Crippen molar-refractivity contribution in [2.75, 3.05) is 26.8 Å². The molecule has 0 spiro atoms. The molecule has 1 aliphatic rings. The Kier molecular flexibility index (Phi) is 5.79. The maximum Gasteiger partial charge on any atom is 0.323 e. The first-order valence-corrected chi connectivity index (χ1v) is 7.44. The predicted molar refractivity (Wildman–Crippen MR) is 76.4 cm³/mol. The highest BCUT2D eigenvalue weighted by Crippen LogP contribution is 2.17. The first-order valence-electron chi connectivity index (χ1n) is 7.06. The third-order valence-corrected chi connectivity index (χ3v) is 3.50. The van der Waals surface area contributed by atoms with E-state index in [-0.39, 0.29) is 17.3 Å². The molecule has 2 heterocycles. The molecule has 2 rings (SSSR count). The number of ether oxygens (including phenoxy) is 2. The zero-order valence-electron chi connectivity index (χ0n) is 12.0. The molecule has 1 saturated heterocycles. The largest absolute Gasteiger partial charge is 0.463 e. The van der Waals surface area contributed by atoms with Gasteiger partial charge in [-0.1, -0.05) is 13.3 Å². The molecule has 7 heteroatoms. The van der Waals surface area contributed by atoms with E-state index in [9.17, 15) is 0 Å². The van der Waals surface area contributed by atoms with E-state index in [1.54, 1.807) is 0 Å². The lowest BCUT2D eigenvalue weighted by molar-refractivity contribution is 0.118. The summed E-state index contributed by atoms with van der Waals surface area (Å²) in [4.78, 5) is 14.3. The fourth-order valence-corrected chi connectivity index (χ4v) is 2.31. The first kappa shape index (κ1) is 15.3. The van der Waals surface area contributed by atoms with Crippen molar-refractivity contribution in [1.29, 1.82) is 0 Å². The Bertz CT molecular complexity index is 433. The molecule has 1 aliphatic heterocycles. The number of halogens is 1. The third-order valence-electron chi connectivity index (χ3n) is 3.33. The van der Waals surface area contributed by atoms with Crippen LogP contribution in [0.1, 0.15) is 32.6 Å². The third kappa shape index (κ3) is 4.45. The quantitative estimate of drug-likeness (QED) is 0.802. The van der Waals surface area contributed by atoms with Gasteiger partial charge in [-0.15, -0.1) is 4.98 Å². The van der Waals surface area contributed by atoms with Crippen molar-refractivity contribution in [3.05, 3.63) is 5.28 Å². The molecule has 1 unspecified atom stereocenters. The summed E-state index contributed by atoms with van der Waals surface area (Å²) in [5, 5.41) is 0.0955. The summed E-state index contributed by atoms with van der Waals surface area (Å²) >= 11 is 5.85. The number of likely N-dealkylation sites (tertiary alicyclic amines) is 1. The SMILES string of the molecule is CCCOc1nc(Cl)nc(OCC2CCCCN2C)n1. The van der Waals surface area contributed by atoms with Gasteiger partial charge in [-0.05, 0) is 44.5 Å². The van der Waals surface area contributed by atoms with Crippen molar-refractivity contribution in [1.82, 2.24) is 19.9 Å². The van der Waals surface area contributed by atoms with E-state index in [0.717, 1.165) is 19.4 Å². The van der Waals surface area contributed by atoms with Gasteiger partial charge in [0.1, 0.15) is 6.61 Å². The molecule has 20 heavy (non-hydrogen) atoms. The van der Waals surface area contributed by atoms with Crippen LogP contribution in [-0.4, -0.2) is 52.7 Å². The van der Waals surface area contributed by atoms with E-state index in [4.69, 9.17) is 21.1 Å². The van der Waals surface area contributed by atoms with E-state index < -0.39 is 0 Å². The molecule has 1 aromatic heterocycles. The van der Waals surface area contributed by atoms with Gasteiger partial charge in [0.25, 0.3) is 0 Å². The zero-order valence-corrected chi connectivity index (χ0v) is 12.8. The molecule has 0 N–H and O–H groups in total. The van der Waals surface area contributed by atoms with Gasteiger partial charge in [-0.3, -0.25) is 0 Å². The number of rotatable bonds is 6. The summed E-state index contributed by atoms with van der Waals surface area (Å²) in [6.45, 7) is 4.23. The van der Waals surface area contributed by atoms with Crippen LogP contribution in [0.3, 0.4) is 0 Å². The Labute approximate surface area is 124 Å². The first-order chi connectivity index (χ1) is 9.69. The number of hydrogen-bond acceptors (Lipinski definition) is 6. The van der Waals surface area contributed by atoms with Crippen LogP contribution in [0.25, 0.3) is 0 Å². The average molecular weight is 301 g/mol. The van der Waals surface area contributed by atoms with Gasteiger partial charge in [-0.25, -0.2) is 0 Å². The molecule has 0 aromatic carbocycles. The number of nitrogens with zero attached hydrogens (tertiary/aromatic N) is 4. The highest BCUT2D eigenvalue weighted by Gasteiger charge is 2.20. The minimum Gasteiger partial charge on any atom is -0.463 e. The van der Waals surface area contributed by atoms with Crippen LogP contribution in [0.15, 0.2) is 0 Å². The minimum atomic E-state index is 0.0955. The smallest absolute Gasteiger partial charge is 0.323 e. The molecule has 1 aromatic rings. The standard InChI is InChI=1S/C13H21ClN4O2/c1-3-8-19-12-15-11(14)16-13(17-12)20-9-10-6-4-5-7-18(10)2/h10H,3-9H2,1-2H3. The molecular formula is C13H21ClN4O2. The summed E-state index contributed by atoms with van der Waals surface area (Å²) in [5.41, 5.74) is 0. The topological polar surface area (TPSA) is 60.4 Å². The van der Waals surface area contributed by atoms with Crippen molar-refractivity contribution in [2.24, 2.45) is 0 Å². The van der Waals surface area contributed by atoms with E-state index in [1.807, 2.05) is 6.92 Å². The zero-order chi connectivity index (χ0) is 14.4. The second kappa shape index (κ2) is 7.59. The van der Waals surface area contributed by atoms with Gasteiger partial charge in [0.15, 0.2) is 0 Å². The summed E-state index contributed by atoms with van der Waals surface area (Å²) < 4.78 is 11.0. The highest BCUT2D eigenvalue weighted by molar-refractivity contribution is 6.28. The molecule has 0 radical (unpaired) electrons. The monoisotopic (exact) mass is 300 g/mol. The minimum absolute atomic E-state index is 0.0955. The average Bonchev–Trinajstić information content (AvgIpc) is 2.44. The summed E-state index contributed by atoms with van der Waals surface area (Å²) in [5.74, 6) is 0. The van der Waals surface area contributed by atoms with Gasteiger partial charge < -0.3 is 14.4 Å². The lowest BCUT2D eigenvalue weighted by atomic mass is 10.0. The Morgan fingerprint density at radius 2 is 1.95 bits per heavy atom. The van der Waals surface area contributed by atoms with Crippen molar-refractivity contribution in [2.45, 2.75) is 38.6 Å². The number of hydrogen-bond donors (Lipinski definition) is 0. The van der Waals surface area contributed by atoms with Crippen LogP contribution >= 0.6 is 11.6 Å². The molecule has 0 saturated carbocycles. The number of piperidine rings is 1. The van der Waals surface area contributed by atoms with Gasteiger partial charge in [0, 0.05) is 6.04 Å². The van der Waals surface area contributed by atoms with Crippen LogP contribution in [0.5, 0.6) is 12.0 Å². The van der Waals surface area contributed by atoms with E-state index >= 15 is 0 Å². The van der Waals surface area contributed by atoms with E-state index in [0.29, 0.717) is 19.3 Å². The van der Waals surface area contributed by atoms with Crippen LogP contribution in [-0.2, 0) is 0 Å². The fraction of sp³-hybridized carbons (Fsp3) is 0.769. The van der Waals surface area contributed by atoms with Crippen molar-refractivity contribution in [3.8, 4) is 12.0 Å². The van der Waals surface area contributed by atoms with E-state index in [2.05, 4.69) is 26.9 Å². The molecule has 0 aliphatic carbocycles. The normalized spacial score (nSPS) is 19.9. The maximum atomic E-state index is 5.85. The second-order valence-corrected chi connectivity index (χ2v) is 5.30. The molecule has 0 amide bonds. The lowest BCUT2D eigenvalue weighted by Crippen LogP contribution is -2.40. The van der Waals surface area contributed by atoms with Crippen molar-refractivity contribution >= 4 is 11.6 Å². The number of aromatic nitrogens is 3.